The summed E-state index contributed by atoms with van der Waals surface area (Å²) in [5.41, 5.74) is 1.75. The predicted octanol–water partition coefficient (Wildman–Crippen LogP) is 2.54. The smallest absolute Gasteiger partial charge is 0.290 e. The monoisotopic (exact) mass is 301 g/mol. The molecule has 1 aromatic carbocycles. The van der Waals surface area contributed by atoms with Crippen LogP contribution in [-0.2, 0) is 0 Å². The number of β-amino-alcohol motifs (C(OH)–C–C–N with tert-alkyl or cyclic N) is 1. The molecule has 5 heteroatoms. The molecule has 3 rings (SSSR count). The molecule has 1 N–H and O–H groups in total. The van der Waals surface area contributed by atoms with Crippen molar-refractivity contribution in [3.05, 3.63) is 53.5 Å². The number of amides is 1. The van der Waals surface area contributed by atoms with Gasteiger partial charge in [0.1, 0.15) is 5.75 Å². The van der Waals surface area contributed by atoms with Crippen LogP contribution in [0.2, 0.25) is 0 Å². The number of aliphatic hydroxyl groups is 1. The molecular formula is C17H19NO4. The number of hydrogen-bond acceptors (Lipinski definition) is 4. The van der Waals surface area contributed by atoms with Gasteiger partial charge >= 0.3 is 0 Å². The predicted molar refractivity (Wildman–Crippen MR) is 80.8 cm³/mol. The molecule has 1 aliphatic rings. The van der Waals surface area contributed by atoms with E-state index >= 15 is 0 Å². The van der Waals surface area contributed by atoms with Gasteiger partial charge in [0.25, 0.3) is 5.91 Å². The summed E-state index contributed by atoms with van der Waals surface area (Å²) in [6, 6.07) is 9.18. The highest BCUT2D eigenvalue weighted by atomic mass is 16.5. The van der Waals surface area contributed by atoms with E-state index in [1.165, 1.54) is 6.26 Å². The highest BCUT2D eigenvalue weighted by molar-refractivity contribution is 5.93. The zero-order valence-electron chi connectivity index (χ0n) is 12.7. The number of nitrogens with zero attached hydrogens (tertiary/aromatic N) is 1. The van der Waals surface area contributed by atoms with Gasteiger partial charge in [-0.05, 0) is 37.1 Å². The third-order valence-electron chi connectivity index (χ3n) is 4.07. The Morgan fingerprint density at radius 3 is 2.91 bits per heavy atom. The number of carbonyl (C=O) groups is 1. The Morgan fingerprint density at radius 2 is 2.23 bits per heavy atom. The number of benzene rings is 1. The number of hydrogen-bond donors (Lipinski definition) is 1. The van der Waals surface area contributed by atoms with Crippen molar-refractivity contribution < 1.29 is 19.1 Å². The van der Waals surface area contributed by atoms with Gasteiger partial charge in [0, 0.05) is 12.1 Å². The fourth-order valence-corrected chi connectivity index (χ4v) is 2.93. The van der Waals surface area contributed by atoms with Gasteiger partial charge in [-0.1, -0.05) is 12.1 Å². The average Bonchev–Trinajstić information content (AvgIpc) is 3.12. The maximum atomic E-state index is 12.7. The second-order valence-corrected chi connectivity index (χ2v) is 5.57. The number of aliphatic hydroxyl groups excluding tert-OH is 1. The van der Waals surface area contributed by atoms with Crippen LogP contribution < -0.4 is 4.74 Å². The van der Waals surface area contributed by atoms with Crippen LogP contribution in [0.15, 0.2) is 41.0 Å². The summed E-state index contributed by atoms with van der Waals surface area (Å²) in [5.74, 6) is 0.884. The average molecular weight is 301 g/mol. The molecule has 5 nitrogen and oxygen atoms in total. The molecule has 2 aromatic rings. The van der Waals surface area contributed by atoms with Crippen molar-refractivity contribution in [2.75, 3.05) is 13.7 Å². The zero-order chi connectivity index (χ0) is 15.7. The lowest BCUT2D eigenvalue weighted by atomic mass is 10.0. The number of ether oxygens (including phenoxy) is 1. The molecule has 0 saturated carbocycles. The Kier molecular flexibility index (Phi) is 3.90. The number of aryl methyl sites for hydroxylation is 1. The summed E-state index contributed by atoms with van der Waals surface area (Å²) in [5, 5.41) is 10.0. The van der Waals surface area contributed by atoms with Crippen LogP contribution in [0.1, 0.15) is 34.1 Å². The molecule has 0 bridgehead atoms. The van der Waals surface area contributed by atoms with Crippen LogP contribution in [-0.4, -0.2) is 35.7 Å². The Hall–Kier alpha value is -2.27. The van der Waals surface area contributed by atoms with Crippen molar-refractivity contribution in [1.82, 2.24) is 4.90 Å². The highest BCUT2D eigenvalue weighted by Crippen LogP contribution is 2.35. The van der Waals surface area contributed by atoms with Crippen molar-refractivity contribution in [3.63, 3.8) is 0 Å². The maximum absolute atomic E-state index is 12.7. The van der Waals surface area contributed by atoms with Crippen molar-refractivity contribution in [2.24, 2.45) is 0 Å². The molecule has 1 saturated heterocycles. The minimum atomic E-state index is -0.532. The number of carbonyl (C=O) groups excluding carboxylic acids is 1. The van der Waals surface area contributed by atoms with Crippen LogP contribution in [0, 0.1) is 6.92 Å². The molecule has 0 radical (unpaired) electrons. The van der Waals surface area contributed by atoms with Gasteiger partial charge in [-0.3, -0.25) is 4.79 Å². The molecule has 2 atom stereocenters. The lowest BCUT2D eigenvalue weighted by Crippen LogP contribution is -2.31. The second-order valence-electron chi connectivity index (χ2n) is 5.57. The molecule has 1 aromatic heterocycles. The minimum absolute atomic E-state index is 0.179. The molecule has 116 valence electrons. The van der Waals surface area contributed by atoms with Crippen LogP contribution in [0.25, 0.3) is 0 Å². The first-order valence-corrected chi connectivity index (χ1v) is 7.27. The van der Waals surface area contributed by atoms with Crippen LogP contribution in [0.5, 0.6) is 5.75 Å². The molecule has 22 heavy (non-hydrogen) atoms. The minimum Gasteiger partial charge on any atom is -0.497 e. The second kappa shape index (κ2) is 5.85. The summed E-state index contributed by atoms with van der Waals surface area (Å²) in [6.07, 6.45) is 1.49. The summed E-state index contributed by atoms with van der Waals surface area (Å²) in [7, 11) is 1.61. The lowest BCUT2D eigenvalue weighted by molar-refractivity contribution is 0.0682. The van der Waals surface area contributed by atoms with E-state index in [2.05, 4.69) is 0 Å². The quantitative estimate of drug-likeness (QED) is 0.946. The first-order chi connectivity index (χ1) is 10.6. The van der Waals surface area contributed by atoms with E-state index in [1.807, 2.05) is 31.2 Å². The Balaban J connectivity index is 1.92. The molecule has 1 aliphatic heterocycles. The van der Waals surface area contributed by atoms with E-state index in [1.54, 1.807) is 18.1 Å². The molecule has 0 unspecified atom stereocenters. The first kappa shape index (κ1) is 14.7. The Morgan fingerprint density at radius 1 is 1.41 bits per heavy atom. The van der Waals surface area contributed by atoms with E-state index in [0.29, 0.717) is 18.7 Å². The van der Waals surface area contributed by atoms with Gasteiger partial charge in [-0.15, -0.1) is 0 Å². The summed E-state index contributed by atoms with van der Waals surface area (Å²) in [6.45, 7) is 2.14. The molecule has 1 fully saturated rings. The Labute approximate surface area is 129 Å². The zero-order valence-corrected chi connectivity index (χ0v) is 12.7. The van der Waals surface area contributed by atoms with Gasteiger partial charge in [-0.25, -0.2) is 0 Å². The highest BCUT2D eigenvalue weighted by Gasteiger charge is 2.37. The van der Waals surface area contributed by atoms with E-state index in [-0.39, 0.29) is 11.9 Å². The van der Waals surface area contributed by atoms with E-state index in [9.17, 15) is 9.90 Å². The molecule has 0 spiro atoms. The maximum Gasteiger partial charge on any atom is 0.290 e. The van der Waals surface area contributed by atoms with Crippen molar-refractivity contribution >= 4 is 5.91 Å². The molecule has 2 heterocycles. The fraction of sp³-hybridized carbons (Fsp3) is 0.353. The van der Waals surface area contributed by atoms with Gasteiger partial charge in [0.15, 0.2) is 5.76 Å². The topological polar surface area (TPSA) is 62.9 Å². The summed E-state index contributed by atoms with van der Waals surface area (Å²) in [4.78, 5) is 14.4. The van der Waals surface area contributed by atoms with E-state index in [4.69, 9.17) is 9.15 Å². The third-order valence-corrected chi connectivity index (χ3v) is 4.07. The van der Waals surface area contributed by atoms with Gasteiger partial charge in [0.2, 0.25) is 0 Å². The van der Waals surface area contributed by atoms with Gasteiger partial charge in [0.05, 0.1) is 25.5 Å². The number of methoxy groups -OCH3 is 1. The van der Waals surface area contributed by atoms with Crippen molar-refractivity contribution in [1.29, 1.82) is 0 Å². The number of rotatable bonds is 3. The standard InChI is InChI=1S/C17H19NO4/c1-11-6-7-22-16(11)17(20)18-10-13(19)9-15(18)12-4-3-5-14(8-12)21-2/h3-8,13,15,19H,9-10H2,1-2H3/t13-,15-/m1/s1. The summed E-state index contributed by atoms with van der Waals surface area (Å²) < 4.78 is 10.5. The van der Waals surface area contributed by atoms with Crippen molar-refractivity contribution in [3.8, 4) is 5.75 Å². The fourth-order valence-electron chi connectivity index (χ4n) is 2.93. The van der Waals surface area contributed by atoms with Crippen LogP contribution >= 0.6 is 0 Å². The number of furan rings is 1. The van der Waals surface area contributed by atoms with Crippen LogP contribution in [0.3, 0.4) is 0 Å². The van der Waals surface area contributed by atoms with E-state index < -0.39 is 6.10 Å². The lowest BCUT2D eigenvalue weighted by Gasteiger charge is -2.24. The Bertz CT molecular complexity index is 679. The van der Waals surface area contributed by atoms with Gasteiger partial charge in [-0.2, -0.15) is 0 Å². The molecule has 1 amide bonds. The number of likely N-dealkylation sites (tertiary alicyclic amines) is 1. The van der Waals surface area contributed by atoms with Crippen molar-refractivity contribution in [2.45, 2.75) is 25.5 Å². The molecular weight excluding hydrogens is 282 g/mol. The normalized spacial score (nSPS) is 21.1. The van der Waals surface area contributed by atoms with Crippen LogP contribution in [0.4, 0.5) is 0 Å². The summed E-state index contributed by atoms with van der Waals surface area (Å²) >= 11 is 0. The third kappa shape index (κ3) is 2.60. The largest absolute Gasteiger partial charge is 0.497 e. The van der Waals surface area contributed by atoms with Gasteiger partial charge < -0.3 is 19.2 Å². The van der Waals surface area contributed by atoms with E-state index in [0.717, 1.165) is 16.9 Å². The molecule has 0 aliphatic carbocycles. The SMILES string of the molecule is COc1cccc([C@H]2C[C@@H](O)CN2C(=O)c2occc2C)c1. The first-order valence-electron chi connectivity index (χ1n) is 7.27.